The predicted molar refractivity (Wildman–Crippen MR) is 62.9 cm³/mol. The minimum absolute atomic E-state index is 0.608. The van der Waals surface area contributed by atoms with Gasteiger partial charge in [-0.2, -0.15) is 13.2 Å². The van der Waals surface area contributed by atoms with Crippen LogP contribution in [0.1, 0.15) is 13.3 Å². The summed E-state index contributed by atoms with van der Waals surface area (Å²) in [6.45, 7) is 1.52. The highest BCUT2D eigenvalue weighted by molar-refractivity contribution is 14.1. The molecule has 0 amide bonds. The fraction of sp³-hybridized carbons (Fsp3) is 0.400. The Morgan fingerprint density at radius 2 is 2.07 bits per heavy atom. The van der Waals surface area contributed by atoms with Gasteiger partial charge in [0.1, 0.15) is 0 Å². The maximum Gasteiger partial charge on any atom is 0.391 e. The van der Waals surface area contributed by atoms with Gasteiger partial charge < -0.3 is 5.32 Å². The van der Waals surface area contributed by atoms with Gasteiger partial charge in [-0.05, 0) is 47.7 Å². The smallest absolute Gasteiger partial charge is 0.382 e. The van der Waals surface area contributed by atoms with E-state index in [0.29, 0.717) is 0 Å². The molecule has 1 aromatic carbocycles. The Kier molecular flexibility index (Phi) is 4.24. The fourth-order valence-corrected chi connectivity index (χ4v) is 1.80. The zero-order chi connectivity index (χ0) is 11.5. The lowest BCUT2D eigenvalue weighted by atomic mass is 10.2. The molecule has 1 N–H and O–H groups in total. The number of alkyl halides is 3. The molecule has 0 radical (unpaired) electrons. The fourth-order valence-electron chi connectivity index (χ4n) is 1.26. The van der Waals surface area contributed by atoms with Gasteiger partial charge in [-0.1, -0.05) is 6.07 Å². The van der Waals surface area contributed by atoms with Crippen LogP contribution in [-0.4, -0.2) is 12.2 Å². The average molecular weight is 329 g/mol. The van der Waals surface area contributed by atoms with E-state index < -0.39 is 18.6 Å². The molecule has 15 heavy (non-hydrogen) atoms. The lowest BCUT2D eigenvalue weighted by Gasteiger charge is -2.17. The number of anilines is 1. The van der Waals surface area contributed by atoms with Crippen LogP contribution in [0.15, 0.2) is 24.3 Å². The van der Waals surface area contributed by atoms with E-state index in [4.69, 9.17) is 0 Å². The molecule has 0 aliphatic rings. The van der Waals surface area contributed by atoms with E-state index in [2.05, 4.69) is 27.9 Å². The lowest BCUT2D eigenvalue weighted by Crippen LogP contribution is -2.23. The third kappa shape index (κ3) is 5.25. The number of benzene rings is 1. The molecule has 0 fully saturated rings. The van der Waals surface area contributed by atoms with Gasteiger partial charge in [0.05, 0.1) is 6.42 Å². The molecule has 0 bridgehead atoms. The van der Waals surface area contributed by atoms with Crippen LogP contribution in [-0.2, 0) is 0 Å². The van der Waals surface area contributed by atoms with Crippen LogP contribution in [0.5, 0.6) is 0 Å². The Morgan fingerprint density at radius 3 is 2.60 bits per heavy atom. The van der Waals surface area contributed by atoms with E-state index in [1.165, 1.54) is 6.92 Å². The second-order valence-electron chi connectivity index (χ2n) is 3.38. The standard InChI is InChI=1S/C10H11F3IN/c1-7(6-10(11,12)13)15-9-4-2-3-8(14)5-9/h2-5,7,15H,6H2,1H3. The molecule has 0 aliphatic heterocycles. The predicted octanol–water partition coefficient (Wildman–Crippen LogP) is 4.04. The molecule has 0 aliphatic carbocycles. The van der Waals surface area contributed by atoms with Crippen LogP contribution < -0.4 is 5.32 Å². The van der Waals surface area contributed by atoms with Crippen molar-refractivity contribution in [3.05, 3.63) is 27.8 Å². The Bertz CT molecular complexity index is 325. The van der Waals surface area contributed by atoms with E-state index >= 15 is 0 Å². The van der Waals surface area contributed by atoms with Crippen molar-refractivity contribution >= 4 is 28.3 Å². The summed E-state index contributed by atoms with van der Waals surface area (Å²) in [6.07, 6.45) is -4.94. The lowest BCUT2D eigenvalue weighted by molar-refractivity contribution is -0.136. The summed E-state index contributed by atoms with van der Waals surface area (Å²) in [7, 11) is 0. The number of halogens is 4. The Morgan fingerprint density at radius 1 is 1.40 bits per heavy atom. The number of hydrogen-bond acceptors (Lipinski definition) is 1. The topological polar surface area (TPSA) is 12.0 Å². The minimum Gasteiger partial charge on any atom is -0.382 e. The first-order valence-corrected chi connectivity index (χ1v) is 5.53. The second-order valence-corrected chi connectivity index (χ2v) is 4.62. The summed E-state index contributed by atoms with van der Waals surface area (Å²) in [5, 5.41) is 2.81. The molecular formula is C10H11F3IN. The molecule has 1 atom stereocenters. The van der Waals surface area contributed by atoms with E-state index in [9.17, 15) is 13.2 Å². The summed E-state index contributed by atoms with van der Waals surface area (Å²) in [4.78, 5) is 0. The molecule has 1 rings (SSSR count). The van der Waals surface area contributed by atoms with Gasteiger partial charge in [-0.25, -0.2) is 0 Å². The molecular weight excluding hydrogens is 318 g/mol. The third-order valence-electron chi connectivity index (χ3n) is 1.78. The van der Waals surface area contributed by atoms with Crippen LogP contribution in [0.2, 0.25) is 0 Å². The molecule has 1 aromatic rings. The van der Waals surface area contributed by atoms with E-state index in [-0.39, 0.29) is 0 Å². The van der Waals surface area contributed by atoms with Crippen molar-refractivity contribution in [1.82, 2.24) is 0 Å². The van der Waals surface area contributed by atoms with Gasteiger partial charge >= 0.3 is 6.18 Å². The Labute approximate surface area is 100 Å². The number of rotatable bonds is 3. The summed E-state index contributed by atoms with van der Waals surface area (Å²) in [5.74, 6) is 0. The molecule has 0 saturated carbocycles. The maximum absolute atomic E-state index is 12.0. The zero-order valence-electron chi connectivity index (χ0n) is 8.11. The zero-order valence-corrected chi connectivity index (χ0v) is 10.3. The Balaban J connectivity index is 2.55. The first kappa shape index (κ1) is 12.6. The quantitative estimate of drug-likeness (QED) is 0.825. The molecule has 0 aromatic heterocycles. The van der Waals surface area contributed by atoms with Gasteiger partial charge in [0.2, 0.25) is 0 Å². The Hall–Kier alpha value is -0.460. The molecule has 1 nitrogen and oxygen atoms in total. The van der Waals surface area contributed by atoms with Crippen molar-refractivity contribution < 1.29 is 13.2 Å². The van der Waals surface area contributed by atoms with E-state index in [0.717, 1.165) is 9.26 Å². The highest BCUT2D eigenvalue weighted by atomic mass is 127. The maximum atomic E-state index is 12.0. The van der Waals surface area contributed by atoms with Crippen molar-refractivity contribution in [2.24, 2.45) is 0 Å². The summed E-state index contributed by atoms with van der Waals surface area (Å²) < 4.78 is 37.1. The highest BCUT2D eigenvalue weighted by Gasteiger charge is 2.29. The van der Waals surface area contributed by atoms with Gasteiger partial charge in [-0.3, -0.25) is 0 Å². The monoisotopic (exact) mass is 329 g/mol. The van der Waals surface area contributed by atoms with Crippen LogP contribution in [0, 0.1) is 3.57 Å². The minimum atomic E-state index is -4.12. The highest BCUT2D eigenvalue weighted by Crippen LogP contribution is 2.23. The van der Waals surface area contributed by atoms with Gasteiger partial charge in [-0.15, -0.1) is 0 Å². The van der Waals surface area contributed by atoms with Crippen molar-refractivity contribution in [3.8, 4) is 0 Å². The molecule has 84 valence electrons. The van der Waals surface area contributed by atoms with Crippen molar-refractivity contribution in [3.63, 3.8) is 0 Å². The SMILES string of the molecule is CC(CC(F)(F)F)Nc1cccc(I)c1. The van der Waals surface area contributed by atoms with Crippen LogP contribution in [0.3, 0.4) is 0 Å². The third-order valence-corrected chi connectivity index (χ3v) is 2.45. The van der Waals surface area contributed by atoms with Gasteiger partial charge in [0.25, 0.3) is 0 Å². The number of hydrogen-bond donors (Lipinski definition) is 1. The first-order valence-electron chi connectivity index (χ1n) is 4.46. The average Bonchev–Trinajstić information content (AvgIpc) is 1.99. The van der Waals surface area contributed by atoms with E-state index in [1.54, 1.807) is 6.07 Å². The van der Waals surface area contributed by atoms with Gasteiger partial charge in [0, 0.05) is 15.3 Å². The summed E-state index contributed by atoms with van der Waals surface area (Å²) >= 11 is 2.12. The van der Waals surface area contributed by atoms with Crippen LogP contribution in [0.25, 0.3) is 0 Å². The molecule has 1 unspecified atom stereocenters. The van der Waals surface area contributed by atoms with Crippen molar-refractivity contribution in [2.45, 2.75) is 25.6 Å². The first-order chi connectivity index (χ1) is 6.87. The number of nitrogens with one attached hydrogen (secondary N) is 1. The van der Waals surface area contributed by atoms with Crippen molar-refractivity contribution in [2.75, 3.05) is 5.32 Å². The van der Waals surface area contributed by atoms with Crippen LogP contribution in [0.4, 0.5) is 18.9 Å². The molecule has 0 spiro atoms. The molecule has 0 saturated heterocycles. The second kappa shape index (κ2) is 5.05. The summed E-state index contributed by atoms with van der Waals surface area (Å²) in [5.41, 5.74) is 0.721. The normalized spacial score (nSPS) is 13.7. The molecule has 0 heterocycles. The molecule has 5 heteroatoms. The van der Waals surface area contributed by atoms with Gasteiger partial charge in [0.15, 0.2) is 0 Å². The van der Waals surface area contributed by atoms with Crippen molar-refractivity contribution in [1.29, 1.82) is 0 Å². The van der Waals surface area contributed by atoms with E-state index in [1.807, 2.05) is 18.2 Å². The summed E-state index contributed by atoms with van der Waals surface area (Å²) in [6, 6.07) is 6.66. The largest absolute Gasteiger partial charge is 0.391 e. The van der Waals surface area contributed by atoms with Crippen LogP contribution >= 0.6 is 22.6 Å².